The van der Waals surface area contributed by atoms with Crippen LogP contribution in [-0.4, -0.2) is 30.6 Å². The normalized spacial score (nSPS) is 12.1. The zero-order chi connectivity index (χ0) is 17.0. The first-order valence-electron chi connectivity index (χ1n) is 7.47. The van der Waals surface area contributed by atoms with Crippen LogP contribution >= 0.6 is 0 Å². The molecule has 0 amide bonds. The van der Waals surface area contributed by atoms with Crippen LogP contribution in [-0.2, 0) is 9.47 Å². The molecule has 0 aliphatic carbocycles. The first-order valence-corrected chi connectivity index (χ1v) is 7.47. The van der Waals surface area contributed by atoms with Gasteiger partial charge in [-0.3, -0.25) is 4.79 Å². The van der Waals surface area contributed by atoms with Gasteiger partial charge in [-0.1, -0.05) is 32.9 Å². The van der Waals surface area contributed by atoms with Crippen molar-refractivity contribution in [1.82, 2.24) is 0 Å². The van der Waals surface area contributed by atoms with Gasteiger partial charge in [-0.05, 0) is 32.9 Å². The van der Waals surface area contributed by atoms with Crippen molar-refractivity contribution < 1.29 is 19.1 Å². The number of carbonyl (C=O) groups is 2. The van der Waals surface area contributed by atoms with E-state index < -0.39 is 11.4 Å². The van der Waals surface area contributed by atoms with Crippen LogP contribution in [0.3, 0.4) is 0 Å². The van der Waals surface area contributed by atoms with Crippen LogP contribution in [0.4, 0.5) is 0 Å². The molecule has 4 nitrogen and oxygen atoms in total. The van der Waals surface area contributed by atoms with Gasteiger partial charge in [0, 0.05) is 11.0 Å². The minimum absolute atomic E-state index is 0.0472. The number of benzene rings is 1. The maximum absolute atomic E-state index is 12.1. The average molecular weight is 306 g/mol. The van der Waals surface area contributed by atoms with Gasteiger partial charge in [0.25, 0.3) is 0 Å². The van der Waals surface area contributed by atoms with Gasteiger partial charge in [-0.2, -0.15) is 0 Å². The molecular formula is C18H26O4. The maximum Gasteiger partial charge on any atom is 0.338 e. The summed E-state index contributed by atoms with van der Waals surface area (Å²) in [6, 6.07) is 6.56. The van der Waals surface area contributed by atoms with Gasteiger partial charge in [-0.25, -0.2) is 4.79 Å². The van der Waals surface area contributed by atoms with Crippen LogP contribution in [0.15, 0.2) is 24.3 Å². The molecule has 0 unspecified atom stereocenters. The Morgan fingerprint density at radius 1 is 0.864 bits per heavy atom. The number of rotatable bonds is 5. The third-order valence-electron chi connectivity index (χ3n) is 2.92. The zero-order valence-electron chi connectivity index (χ0n) is 14.4. The fourth-order valence-corrected chi connectivity index (χ4v) is 1.76. The first-order chi connectivity index (χ1) is 10.0. The minimum Gasteiger partial charge on any atom is -0.460 e. The summed E-state index contributed by atoms with van der Waals surface area (Å²) in [5, 5.41) is 0. The average Bonchev–Trinajstić information content (AvgIpc) is 2.40. The van der Waals surface area contributed by atoms with Gasteiger partial charge >= 0.3 is 5.97 Å². The molecule has 0 spiro atoms. The Kier molecular flexibility index (Phi) is 5.89. The molecule has 0 aliphatic rings. The maximum atomic E-state index is 12.1. The number of ketones is 1. The van der Waals surface area contributed by atoms with E-state index in [0.717, 1.165) is 0 Å². The number of esters is 1. The quantitative estimate of drug-likeness (QED) is 0.470. The second-order valence-corrected chi connectivity index (χ2v) is 7.25. The predicted molar refractivity (Wildman–Crippen MR) is 86.2 cm³/mol. The summed E-state index contributed by atoms with van der Waals surface area (Å²) in [4.78, 5) is 24.0. The molecule has 0 fully saturated rings. The van der Waals surface area contributed by atoms with Crippen LogP contribution in [0.25, 0.3) is 0 Å². The molecule has 4 heteroatoms. The first kappa shape index (κ1) is 18.4. The summed E-state index contributed by atoms with van der Waals surface area (Å²) in [5.74, 6) is -0.363. The molecule has 0 bridgehead atoms. The second-order valence-electron chi connectivity index (χ2n) is 7.25. The minimum atomic E-state index is -0.438. The van der Waals surface area contributed by atoms with Gasteiger partial charge in [-0.15, -0.1) is 0 Å². The number of hydrogen-bond donors (Lipinski definition) is 0. The van der Waals surface area contributed by atoms with Crippen molar-refractivity contribution in [3.05, 3.63) is 35.4 Å². The van der Waals surface area contributed by atoms with E-state index in [1.54, 1.807) is 24.3 Å². The summed E-state index contributed by atoms with van der Waals surface area (Å²) in [6.07, 6.45) is 0. The molecule has 0 aliphatic heterocycles. The highest BCUT2D eigenvalue weighted by Crippen LogP contribution is 2.21. The van der Waals surface area contributed by atoms with E-state index in [1.165, 1.54) is 0 Å². The Labute approximate surface area is 132 Å². The lowest BCUT2D eigenvalue weighted by Crippen LogP contribution is -2.22. The third-order valence-corrected chi connectivity index (χ3v) is 2.92. The van der Waals surface area contributed by atoms with Gasteiger partial charge in [0.1, 0.15) is 6.61 Å². The van der Waals surface area contributed by atoms with E-state index in [4.69, 9.17) is 9.47 Å². The van der Waals surface area contributed by atoms with Crippen molar-refractivity contribution in [2.45, 2.75) is 47.1 Å². The van der Waals surface area contributed by atoms with Crippen LogP contribution in [0.5, 0.6) is 0 Å². The highest BCUT2D eigenvalue weighted by atomic mass is 16.6. The summed E-state index contributed by atoms with van der Waals surface area (Å²) < 4.78 is 10.6. The largest absolute Gasteiger partial charge is 0.460 e. The van der Waals surface area contributed by atoms with Gasteiger partial charge in [0.15, 0.2) is 5.78 Å². The fourth-order valence-electron chi connectivity index (χ4n) is 1.76. The fraction of sp³-hybridized carbons (Fsp3) is 0.556. The second kappa shape index (κ2) is 7.05. The molecule has 0 aromatic heterocycles. The highest BCUT2D eigenvalue weighted by Gasteiger charge is 2.23. The zero-order valence-corrected chi connectivity index (χ0v) is 14.4. The number of hydrogen-bond acceptors (Lipinski definition) is 4. The number of carbonyl (C=O) groups excluding carboxylic acids is 2. The topological polar surface area (TPSA) is 52.6 Å². The highest BCUT2D eigenvalue weighted by molar-refractivity contribution is 6.00. The van der Waals surface area contributed by atoms with Crippen molar-refractivity contribution in [3.63, 3.8) is 0 Å². The standard InChI is InChI=1S/C18H26O4/c1-17(2,3)15(19)13-7-9-14(10-8-13)16(20)21-11-12-22-18(4,5)6/h7-10H,11-12H2,1-6H3. The van der Waals surface area contributed by atoms with Crippen molar-refractivity contribution in [2.24, 2.45) is 5.41 Å². The Morgan fingerprint density at radius 3 is 1.82 bits per heavy atom. The van der Waals surface area contributed by atoms with Crippen molar-refractivity contribution in [2.75, 3.05) is 13.2 Å². The van der Waals surface area contributed by atoms with E-state index in [0.29, 0.717) is 17.7 Å². The molecule has 0 saturated heterocycles. The van der Waals surface area contributed by atoms with Gasteiger partial charge in [0.05, 0.1) is 17.8 Å². The molecule has 22 heavy (non-hydrogen) atoms. The van der Waals surface area contributed by atoms with Crippen molar-refractivity contribution in [1.29, 1.82) is 0 Å². The lowest BCUT2D eigenvalue weighted by Gasteiger charge is -2.19. The molecule has 0 atom stereocenters. The van der Waals surface area contributed by atoms with Gasteiger partial charge < -0.3 is 9.47 Å². The SMILES string of the molecule is CC(C)(C)OCCOC(=O)c1ccc(C(=O)C(C)(C)C)cc1. The van der Waals surface area contributed by atoms with Crippen LogP contribution < -0.4 is 0 Å². The summed E-state index contributed by atoms with van der Waals surface area (Å²) in [6.45, 7) is 12.0. The van der Waals surface area contributed by atoms with E-state index >= 15 is 0 Å². The van der Waals surface area contributed by atoms with Crippen LogP contribution in [0.1, 0.15) is 62.3 Å². The molecule has 1 aromatic rings. The molecule has 0 heterocycles. The monoisotopic (exact) mass is 306 g/mol. The Bertz CT molecular complexity index is 516. The van der Waals surface area contributed by atoms with E-state index in [-0.39, 0.29) is 18.0 Å². The van der Waals surface area contributed by atoms with E-state index in [2.05, 4.69) is 0 Å². The van der Waals surface area contributed by atoms with Crippen LogP contribution in [0.2, 0.25) is 0 Å². The Balaban J connectivity index is 2.56. The van der Waals surface area contributed by atoms with Crippen LogP contribution in [0, 0.1) is 5.41 Å². The summed E-state index contributed by atoms with van der Waals surface area (Å²) in [7, 11) is 0. The predicted octanol–water partition coefficient (Wildman–Crippen LogP) is 3.89. The molecule has 0 N–H and O–H groups in total. The van der Waals surface area contributed by atoms with Gasteiger partial charge in [0.2, 0.25) is 0 Å². The van der Waals surface area contributed by atoms with E-state index in [1.807, 2.05) is 41.5 Å². The molecule has 0 saturated carbocycles. The molecule has 1 rings (SSSR count). The molecular weight excluding hydrogens is 280 g/mol. The molecule has 1 aromatic carbocycles. The Morgan fingerprint density at radius 2 is 1.36 bits per heavy atom. The smallest absolute Gasteiger partial charge is 0.338 e. The molecule has 122 valence electrons. The molecule has 0 radical (unpaired) electrons. The Hall–Kier alpha value is -1.68. The van der Waals surface area contributed by atoms with E-state index in [9.17, 15) is 9.59 Å². The lowest BCUT2D eigenvalue weighted by molar-refractivity contribution is -0.0281. The third kappa shape index (κ3) is 5.98. The van der Waals surface area contributed by atoms with Crippen molar-refractivity contribution >= 4 is 11.8 Å². The summed E-state index contributed by atoms with van der Waals surface area (Å²) in [5.41, 5.74) is 0.342. The van der Waals surface area contributed by atoms with Crippen molar-refractivity contribution in [3.8, 4) is 0 Å². The number of ether oxygens (including phenoxy) is 2. The summed E-state index contributed by atoms with van der Waals surface area (Å²) >= 11 is 0. The lowest BCUT2D eigenvalue weighted by atomic mass is 9.86. The number of Topliss-reactive ketones (excluding diaryl/α,β-unsaturated/α-hetero) is 1.